The summed E-state index contributed by atoms with van der Waals surface area (Å²) >= 11 is 0. The van der Waals surface area contributed by atoms with Gasteiger partial charge in [0.05, 0.1) is 26.7 Å². The highest BCUT2D eigenvalue weighted by Gasteiger charge is 2.29. The Labute approximate surface area is 107 Å². The van der Waals surface area contributed by atoms with Gasteiger partial charge in [-0.3, -0.25) is 0 Å². The van der Waals surface area contributed by atoms with Crippen molar-refractivity contribution in [1.29, 1.82) is 0 Å². The van der Waals surface area contributed by atoms with Crippen LogP contribution in [0.25, 0.3) is 0 Å². The maximum atomic E-state index is 2.38. The van der Waals surface area contributed by atoms with Crippen molar-refractivity contribution in [2.75, 3.05) is 20.6 Å². The van der Waals surface area contributed by atoms with Crippen molar-refractivity contribution >= 4 is 0 Å². The van der Waals surface area contributed by atoms with Crippen molar-refractivity contribution in [2.45, 2.75) is 45.6 Å². The van der Waals surface area contributed by atoms with Crippen LogP contribution in [0.1, 0.15) is 45.1 Å². The largest absolute Gasteiger partial charge is 0.326 e. The fourth-order valence-corrected chi connectivity index (χ4v) is 2.41. The van der Waals surface area contributed by atoms with Gasteiger partial charge < -0.3 is 4.48 Å². The average Bonchev–Trinajstić information content (AvgIpc) is 2.35. The molecule has 96 valence electrons. The van der Waals surface area contributed by atoms with Gasteiger partial charge in [0, 0.05) is 5.92 Å². The Morgan fingerprint density at radius 1 is 1.06 bits per heavy atom. The van der Waals surface area contributed by atoms with Gasteiger partial charge in [-0.25, -0.2) is 0 Å². The lowest BCUT2D eigenvalue weighted by Gasteiger charge is -2.39. The van der Waals surface area contributed by atoms with Crippen LogP contribution in [0.3, 0.4) is 0 Å². The van der Waals surface area contributed by atoms with Gasteiger partial charge in [0.15, 0.2) is 0 Å². The number of quaternary nitrogens is 1. The number of hydrogen-bond donors (Lipinski definition) is 0. The molecule has 0 saturated carbocycles. The summed E-state index contributed by atoms with van der Waals surface area (Å²) < 4.78 is 1.11. The Bertz CT molecular complexity index is 316. The van der Waals surface area contributed by atoms with Crippen LogP contribution in [0.4, 0.5) is 0 Å². The molecule has 0 N–H and O–H groups in total. The fourth-order valence-electron chi connectivity index (χ4n) is 2.41. The molecular weight excluding hydrogens is 206 g/mol. The number of likely N-dealkylation sites (N-methyl/N-ethyl adjacent to an activating group) is 1. The van der Waals surface area contributed by atoms with E-state index in [9.17, 15) is 0 Å². The van der Waals surface area contributed by atoms with Gasteiger partial charge in [0.2, 0.25) is 0 Å². The normalized spacial score (nSPS) is 15.6. The Balaban J connectivity index is 2.72. The Hall–Kier alpha value is -0.820. The third kappa shape index (κ3) is 3.85. The predicted octanol–water partition coefficient (Wildman–Crippen LogP) is 4.06. The van der Waals surface area contributed by atoms with Gasteiger partial charge >= 0.3 is 0 Å². The lowest BCUT2D eigenvalue weighted by Crippen LogP contribution is -2.50. The zero-order valence-corrected chi connectivity index (χ0v) is 12.1. The molecule has 2 atom stereocenters. The van der Waals surface area contributed by atoms with Crippen LogP contribution in [0, 0.1) is 0 Å². The van der Waals surface area contributed by atoms with E-state index in [0.29, 0.717) is 12.0 Å². The van der Waals surface area contributed by atoms with E-state index in [1.165, 1.54) is 24.9 Å². The molecule has 0 aliphatic heterocycles. The molecule has 0 spiro atoms. The molecule has 1 heteroatoms. The Kier molecular flexibility index (Phi) is 5.20. The van der Waals surface area contributed by atoms with Crippen LogP contribution >= 0.6 is 0 Å². The minimum Gasteiger partial charge on any atom is -0.326 e. The molecule has 0 aliphatic rings. The molecular formula is C16H28N+. The minimum atomic E-state index is 0.614. The molecule has 0 radical (unpaired) electrons. The molecule has 0 unspecified atom stereocenters. The molecule has 1 nitrogen and oxygen atoms in total. The first-order chi connectivity index (χ1) is 7.99. The molecule has 0 heterocycles. The van der Waals surface area contributed by atoms with Crippen LogP contribution in [-0.2, 0) is 0 Å². The molecule has 0 aliphatic carbocycles. The molecule has 0 aromatic heterocycles. The SMILES string of the molecule is CCCC[N+](C)(C)[C@@H](C)[C@H](C)c1ccccc1. The van der Waals surface area contributed by atoms with Crippen LogP contribution in [0.15, 0.2) is 30.3 Å². The van der Waals surface area contributed by atoms with Crippen molar-refractivity contribution in [3.8, 4) is 0 Å². The van der Waals surface area contributed by atoms with Gasteiger partial charge in [-0.05, 0) is 18.9 Å². The Morgan fingerprint density at radius 2 is 1.65 bits per heavy atom. The summed E-state index contributed by atoms with van der Waals surface area (Å²) in [5, 5.41) is 0. The average molecular weight is 234 g/mol. The predicted molar refractivity (Wildman–Crippen MR) is 76.2 cm³/mol. The number of unbranched alkanes of at least 4 members (excludes halogenated alkanes) is 1. The molecule has 1 rings (SSSR count). The molecule has 0 saturated heterocycles. The number of benzene rings is 1. The van der Waals surface area contributed by atoms with Crippen LogP contribution < -0.4 is 0 Å². The highest BCUT2D eigenvalue weighted by molar-refractivity contribution is 5.19. The first-order valence-electron chi connectivity index (χ1n) is 6.86. The van der Waals surface area contributed by atoms with Crippen LogP contribution in [-0.4, -0.2) is 31.2 Å². The van der Waals surface area contributed by atoms with Crippen LogP contribution in [0.2, 0.25) is 0 Å². The summed E-state index contributed by atoms with van der Waals surface area (Å²) in [5.74, 6) is 0.614. The minimum absolute atomic E-state index is 0.614. The highest BCUT2D eigenvalue weighted by Crippen LogP contribution is 2.25. The zero-order chi connectivity index (χ0) is 12.9. The van der Waals surface area contributed by atoms with E-state index < -0.39 is 0 Å². The first-order valence-corrected chi connectivity index (χ1v) is 6.86. The van der Waals surface area contributed by atoms with Crippen molar-refractivity contribution in [1.82, 2.24) is 0 Å². The van der Waals surface area contributed by atoms with Crippen molar-refractivity contribution < 1.29 is 4.48 Å². The van der Waals surface area contributed by atoms with Gasteiger partial charge in [-0.15, -0.1) is 0 Å². The molecule has 0 fully saturated rings. The molecule has 1 aromatic carbocycles. The number of nitrogens with zero attached hydrogens (tertiary/aromatic N) is 1. The van der Waals surface area contributed by atoms with Crippen molar-refractivity contribution in [2.24, 2.45) is 0 Å². The van der Waals surface area contributed by atoms with Gasteiger partial charge in [0.1, 0.15) is 0 Å². The number of hydrogen-bond acceptors (Lipinski definition) is 0. The van der Waals surface area contributed by atoms with E-state index in [0.717, 1.165) is 4.48 Å². The quantitative estimate of drug-likeness (QED) is 0.651. The third-order valence-electron chi connectivity index (χ3n) is 4.24. The summed E-state index contributed by atoms with van der Waals surface area (Å²) in [4.78, 5) is 0. The van der Waals surface area contributed by atoms with E-state index in [2.05, 4.69) is 65.2 Å². The summed E-state index contributed by atoms with van der Waals surface area (Å²) in [6, 6.07) is 11.5. The van der Waals surface area contributed by atoms with E-state index in [-0.39, 0.29) is 0 Å². The summed E-state index contributed by atoms with van der Waals surface area (Å²) in [5.41, 5.74) is 1.46. The standard InChI is InChI=1S/C16H28N/c1-6-7-13-17(4,5)15(3)14(2)16-11-9-8-10-12-16/h8-12,14-15H,6-7,13H2,1-5H3/q+1/t14-,15-/m0/s1. The van der Waals surface area contributed by atoms with E-state index in [4.69, 9.17) is 0 Å². The maximum Gasteiger partial charge on any atom is 0.0924 e. The highest BCUT2D eigenvalue weighted by atomic mass is 15.3. The van der Waals surface area contributed by atoms with Gasteiger partial charge in [0.25, 0.3) is 0 Å². The summed E-state index contributed by atoms with van der Waals surface area (Å²) in [6.07, 6.45) is 2.60. The molecule has 17 heavy (non-hydrogen) atoms. The second kappa shape index (κ2) is 6.20. The van der Waals surface area contributed by atoms with Crippen molar-refractivity contribution in [3.63, 3.8) is 0 Å². The summed E-state index contributed by atoms with van der Waals surface area (Å²) in [6.45, 7) is 8.28. The van der Waals surface area contributed by atoms with E-state index >= 15 is 0 Å². The summed E-state index contributed by atoms with van der Waals surface area (Å²) in [7, 11) is 4.72. The monoisotopic (exact) mass is 234 g/mol. The van der Waals surface area contributed by atoms with E-state index in [1.54, 1.807) is 0 Å². The second-order valence-corrected chi connectivity index (χ2v) is 5.80. The first kappa shape index (κ1) is 14.2. The van der Waals surface area contributed by atoms with E-state index in [1.807, 2.05) is 0 Å². The van der Waals surface area contributed by atoms with Crippen LogP contribution in [0.5, 0.6) is 0 Å². The Morgan fingerprint density at radius 3 is 2.18 bits per heavy atom. The molecule has 1 aromatic rings. The third-order valence-corrected chi connectivity index (χ3v) is 4.24. The lowest BCUT2D eigenvalue weighted by atomic mass is 9.92. The lowest BCUT2D eigenvalue weighted by molar-refractivity contribution is -0.914. The zero-order valence-electron chi connectivity index (χ0n) is 12.1. The second-order valence-electron chi connectivity index (χ2n) is 5.80. The van der Waals surface area contributed by atoms with Gasteiger partial charge in [-0.2, -0.15) is 0 Å². The maximum absolute atomic E-state index is 2.38. The van der Waals surface area contributed by atoms with Crippen molar-refractivity contribution in [3.05, 3.63) is 35.9 Å². The number of rotatable bonds is 6. The fraction of sp³-hybridized carbons (Fsp3) is 0.625. The molecule has 0 bridgehead atoms. The smallest absolute Gasteiger partial charge is 0.0924 e. The van der Waals surface area contributed by atoms with Gasteiger partial charge in [-0.1, -0.05) is 50.6 Å². The molecule has 0 amide bonds. The topological polar surface area (TPSA) is 0 Å².